The molecule has 0 saturated heterocycles. The maximum atomic E-state index is 13.2. The van der Waals surface area contributed by atoms with Crippen LogP contribution in [-0.2, 0) is 5.75 Å². The molecule has 0 radical (unpaired) electrons. The number of halogens is 3. The zero-order chi connectivity index (χ0) is 12.9. The monoisotopic (exact) mass is 305 g/mol. The average molecular weight is 306 g/mol. The summed E-state index contributed by atoms with van der Waals surface area (Å²) in [6.07, 6.45) is 0.278. The zero-order valence-electron chi connectivity index (χ0n) is 9.65. The molecule has 1 nitrogen and oxygen atoms in total. The first-order valence-corrected chi connectivity index (χ1v) is 7.83. The molecule has 2 aliphatic rings. The standard InChI is InChI=1S/C13H14Cl2FNS/c14-8-2-1-6(3-9(8)15)5-18-10-4-7-11(12(7)16)13(10)17/h1-3,7,10-13H,4-5,17H2/t7-,10-,11+,12-,13-/m1/s1. The number of benzene rings is 1. The summed E-state index contributed by atoms with van der Waals surface area (Å²) in [4.78, 5) is 0. The molecule has 2 N–H and O–H groups in total. The molecule has 0 unspecified atom stereocenters. The number of thioether (sulfide) groups is 1. The van der Waals surface area contributed by atoms with Crippen molar-refractivity contribution < 1.29 is 4.39 Å². The minimum Gasteiger partial charge on any atom is -0.326 e. The summed E-state index contributed by atoms with van der Waals surface area (Å²) in [5.41, 5.74) is 7.20. The van der Waals surface area contributed by atoms with Gasteiger partial charge in [-0.3, -0.25) is 0 Å². The Kier molecular flexibility index (Phi) is 3.52. The van der Waals surface area contributed by atoms with Crippen LogP contribution in [0.15, 0.2) is 18.2 Å². The largest absolute Gasteiger partial charge is 0.326 e. The summed E-state index contributed by atoms with van der Waals surface area (Å²) in [6.45, 7) is 0. The van der Waals surface area contributed by atoms with Gasteiger partial charge in [-0.2, -0.15) is 11.8 Å². The van der Waals surface area contributed by atoms with Crippen LogP contribution in [0.25, 0.3) is 0 Å². The van der Waals surface area contributed by atoms with Crippen LogP contribution in [0.1, 0.15) is 12.0 Å². The third-order valence-electron chi connectivity index (χ3n) is 3.96. The second kappa shape index (κ2) is 4.86. The van der Waals surface area contributed by atoms with Crippen molar-refractivity contribution in [2.75, 3.05) is 0 Å². The van der Waals surface area contributed by atoms with E-state index in [1.54, 1.807) is 11.8 Å². The Morgan fingerprint density at radius 1 is 1.33 bits per heavy atom. The lowest BCUT2D eigenvalue weighted by atomic mass is 10.2. The van der Waals surface area contributed by atoms with Crippen molar-refractivity contribution in [1.82, 2.24) is 0 Å². The molecule has 0 bridgehead atoms. The molecule has 2 saturated carbocycles. The quantitative estimate of drug-likeness (QED) is 0.916. The van der Waals surface area contributed by atoms with E-state index in [2.05, 4.69) is 0 Å². The van der Waals surface area contributed by atoms with Crippen molar-refractivity contribution in [3.05, 3.63) is 33.8 Å². The van der Waals surface area contributed by atoms with Crippen molar-refractivity contribution in [1.29, 1.82) is 0 Å². The highest BCUT2D eigenvalue weighted by molar-refractivity contribution is 7.99. The normalized spacial score (nSPS) is 37.7. The molecular weight excluding hydrogens is 292 g/mol. The predicted octanol–water partition coefficient (Wildman–Crippen LogP) is 3.91. The van der Waals surface area contributed by atoms with Crippen molar-refractivity contribution in [2.24, 2.45) is 17.6 Å². The third-order valence-corrected chi connectivity index (χ3v) is 6.13. The maximum absolute atomic E-state index is 13.2. The van der Waals surface area contributed by atoms with Gasteiger partial charge < -0.3 is 5.73 Å². The Morgan fingerprint density at radius 3 is 2.72 bits per heavy atom. The predicted molar refractivity (Wildman–Crippen MR) is 76.0 cm³/mol. The number of alkyl halides is 1. The number of hydrogen-bond donors (Lipinski definition) is 1. The fourth-order valence-electron chi connectivity index (χ4n) is 2.83. The molecule has 0 amide bonds. The molecule has 1 aromatic rings. The van der Waals surface area contributed by atoms with Crippen LogP contribution in [0.3, 0.4) is 0 Å². The highest BCUT2D eigenvalue weighted by Gasteiger charge is 2.61. The molecule has 0 aliphatic heterocycles. The van der Waals surface area contributed by atoms with Gasteiger partial charge >= 0.3 is 0 Å². The van der Waals surface area contributed by atoms with Gasteiger partial charge in [-0.1, -0.05) is 29.3 Å². The smallest absolute Gasteiger partial charge is 0.108 e. The second-order valence-corrected chi connectivity index (χ2v) is 7.14. The van der Waals surface area contributed by atoms with Crippen LogP contribution in [0, 0.1) is 11.8 Å². The van der Waals surface area contributed by atoms with Gasteiger partial charge in [-0.05, 0) is 30.0 Å². The lowest BCUT2D eigenvalue weighted by Gasteiger charge is -2.18. The number of nitrogens with two attached hydrogens (primary N) is 1. The first kappa shape index (κ1) is 13.0. The van der Waals surface area contributed by atoms with Gasteiger partial charge in [0.05, 0.1) is 10.0 Å². The molecule has 2 fully saturated rings. The van der Waals surface area contributed by atoms with Crippen LogP contribution in [-0.4, -0.2) is 17.5 Å². The summed E-state index contributed by atoms with van der Waals surface area (Å²) in [7, 11) is 0. The number of fused-ring (bicyclic) bond motifs is 1. The summed E-state index contributed by atoms with van der Waals surface area (Å²) in [5, 5.41) is 1.53. The van der Waals surface area contributed by atoms with Gasteiger partial charge in [0.2, 0.25) is 0 Å². The Hall–Kier alpha value is 0.0400. The van der Waals surface area contributed by atoms with Crippen LogP contribution < -0.4 is 5.73 Å². The van der Waals surface area contributed by atoms with Crippen LogP contribution in [0.2, 0.25) is 10.0 Å². The first-order chi connectivity index (χ1) is 8.58. The van der Waals surface area contributed by atoms with E-state index in [4.69, 9.17) is 28.9 Å². The van der Waals surface area contributed by atoms with E-state index in [-0.39, 0.29) is 17.9 Å². The molecule has 1 aromatic carbocycles. The molecule has 0 heterocycles. The fraction of sp³-hybridized carbons (Fsp3) is 0.538. The summed E-state index contributed by atoms with van der Waals surface area (Å²) < 4.78 is 13.2. The Morgan fingerprint density at radius 2 is 2.11 bits per heavy atom. The topological polar surface area (TPSA) is 26.0 Å². The molecule has 98 valence electrons. The minimum absolute atomic E-state index is 0.0118. The zero-order valence-corrected chi connectivity index (χ0v) is 12.0. The van der Waals surface area contributed by atoms with Gasteiger partial charge in [0.15, 0.2) is 0 Å². The van der Waals surface area contributed by atoms with Crippen molar-refractivity contribution >= 4 is 35.0 Å². The van der Waals surface area contributed by atoms with Gasteiger partial charge in [0, 0.05) is 23.0 Å². The number of hydrogen-bond acceptors (Lipinski definition) is 2. The molecule has 18 heavy (non-hydrogen) atoms. The van der Waals surface area contributed by atoms with Crippen LogP contribution in [0.4, 0.5) is 4.39 Å². The summed E-state index contributed by atoms with van der Waals surface area (Å²) in [6, 6.07) is 5.68. The van der Waals surface area contributed by atoms with E-state index in [9.17, 15) is 4.39 Å². The fourth-order valence-corrected chi connectivity index (χ4v) is 4.50. The van der Waals surface area contributed by atoms with Gasteiger partial charge in [0.25, 0.3) is 0 Å². The highest BCUT2D eigenvalue weighted by atomic mass is 35.5. The summed E-state index contributed by atoms with van der Waals surface area (Å²) in [5.74, 6) is 1.20. The van der Waals surface area contributed by atoms with Crippen molar-refractivity contribution in [3.8, 4) is 0 Å². The van der Waals surface area contributed by atoms with E-state index in [0.717, 1.165) is 17.7 Å². The van der Waals surface area contributed by atoms with Gasteiger partial charge in [-0.15, -0.1) is 0 Å². The average Bonchev–Trinajstić information content (AvgIpc) is 2.83. The van der Waals surface area contributed by atoms with E-state index >= 15 is 0 Å². The van der Waals surface area contributed by atoms with Gasteiger partial charge in [-0.25, -0.2) is 4.39 Å². The van der Waals surface area contributed by atoms with Crippen molar-refractivity contribution in [2.45, 2.75) is 29.6 Å². The molecule has 0 spiro atoms. The molecule has 2 aliphatic carbocycles. The minimum atomic E-state index is -0.637. The van der Waals surface area contributed by atoms with E-state index in [1.807, 2.05) is 18.2 Å². The molecule has 0 aromatic heterocycles. The molecule has 3 rings (SSSR count). The van der Waals surface area contributed by atoms with Crippen molar-refractivity contribution in [3.63, 3.8) is 0 Å². The first-order valence-electron chi connectivity index (χ1n) is 6.03. The molecule has 5 heteroatoms. The van der Waals surface area contributed by atoms with E-state index in [0.29, 0.717) is 15.3 Å². The van der Waals surface area contributed by atoms with Gasteiger partial charge in [0.1, 0.15) is 6.17 Å². The Balaban J connectivity index is 1.57. The maximum Gasteiger partial charge on any atom is 0.108 e. The Bertz CT molecular complexity index is 470. The second-order valence-electron chi connectivity index (χ2n) is 5.10. The van der Waals surface area contributed by atoms with E-state index in [1.165, 1.54) is 0 Å². The SMILES string of the molecule is N[C@H]1[C@@H]2[C@H](F)[C@@H]2C[C@H]1SCc1ccc(Cl)c(Cl)c1. The van der Waals surface area contributed by atoms with E-state index < -0.39 is 6.17 Å². The highest BCUT2D eigenvalue weighted by Crippen LogP contribution is 2.56. The number of rotatable bonds is 3. The van der Waals surface area contributed by atoms with Crippen LogP contribution in [0.5, 0.6) is 0 Å². The van der Waals surface area contributed by atoms with Crippen LogP contribution >= 0.6 is 35.0 Å². The lowest BCUT2D eigenvalue weighted by Crippen LogP contribution is -2.32. The lowest BCUT2D eigenvalue weighted by molar-refractivity contribution is 0.386. The Labute approximate surface area is 120 Å². The molecular formula is C13H14Cl2FNS. The molecule has 5 atom stereocenters. The summed E-state index contributed by atoms with van der Waals surface area (Å²) >= 11 is 13.6. The third kappa shape index (κ3) is 2.26.